The molecule has 0 aromatic carbocycles. The van der Waals surface area contributed by atoms with Crippen LogP contribution < -0.4 is 5.73 Å². The van der Waals surface area contributed by atoms with Crippen molar-refractivity contribution in [2.75, 3.05) is 13.1 Å². The molecule has 1 rings (SSSR count). The van der Waals surface area contributed by atoms with Gasteiger partial charge in [0.1, 0.15) is 6.04 Å². The van der Waals surface area contributed by atoms with Gasteiger partial charge < -0.3 is 10.8 Å². The van der Waals surface area contributed by atoms with Crippen LogP contribution >= 0.6 is 0 Å². The van der Waals surface area contributed by atoms with E-state index >= 15 is 0 Å². The Labute approximate surface area is 97.8 Å². The average Bonchev–Trinajstić information content (AvgIpc) is 2.25. The minimum atomic E-state index is -0.680. The molecule has 4 heteroatoms. The second-order valence-electron chi connectivity index (χ2n) is 4.88. The number of carboxylic acids is 1. The second kappa shape index (κ2) is 6.21. The maximum absolute atomic E-state index is 11.1. The van der Waals surface area contributed by atoms with E-state index in [2.05, 4.69) is 4.90 Å². The SMILES string of the molecule is CCCC(C(=O)O)N1CCC(C(C)N)CC1. The topological polar surface area (TPSA) is 66.6 Å². The summed E-state index contributed by atoms with van der Waals surface area (Å²) in [6.07, 6.45) is 3.73. The van der Waals surface area contributed by atoms with Gasteiger partial charge in [-0.15, -0.1) is 0 Å². The van der Waals surface area contributed by atoms with E-state index < -0.39 is 5.97 Å². The van der Waals surface area contributed by atoms with Gasteiger partial charge in [-0.05, 0) is 45.2 Å². The summed E-state index contributed by atoms with van der Waals surface area (Å²) in [5, 5.41) is 9.17. The monoisotopic (exact) mass is 228 g/mol. The Morgan fingerprint density at radius 2 is 2.06 bits per heavy atom. The maximum Gasteiger partial charge on any atom is 0.320 e. The van der Waals surface area contributed by atoms with E-state index in [1.54, 1.807) is 0 Å². The quantitative estimate of drug-likeness (QED) is 0.744. The minimum Gasteiger partial charge on any atom is -0.480 e. The molecule has 0 aliphatic carbocycles. The number of likely N-dealkylation sites (tertiary alicyclic amines) is 1. The van der Waals surface area contributed by atoms with Crippen molar-refractivity contribution in [3.8, 4) is 0 Å². The minimum absolute atomic E-state index is 0.233. The lowest BCUT2D eigenvalue weighted by molar-refractivity contribution is -0.144. The van der Waals surface area contributed by atoms with Crippen LogP contribution in [0, 0.1) is 5.92 Å². The van der Waals surface area contributed by atoms with Crippen molar-refractivity contribution in [1.82, 2.24) is 4.90 Å². The number of carbonyl (C=O) groups is 1. The Bertz CT molecular complexity index is 223. The third-order valence-corrected chi connectivity index (χ3v) is 3.61. The lowest BCUT2D eigenvalue weighted by Gasteiger charge is -2.36. The summed E-state index contributed by atoms with van der Waals surface area (Å²) in [6, 6.07) is -0.0596. The fraction of sp³-hybridized carbons (Fsp3) is 0.917. The van der Waals surface area contributed by atoms with Gasteiger partial charge in [0, 0.05) is 6.04 Å². The van der Waals surface area contributed by atoms with E-state index in [1.165, 1.54) is 0 Å². The van der Waals surface area contributed by atoms with Gasteiger partial charge in [-0.2, -0.15) is 0 Å². The molecule has 0 radical (unpaired) electrons. The van der Waals surface area contributed by atoms with Gasteiger partial charge in [-0.1, -0.05) is 13.3 Å². The van der Waals surface area contributed by atoms with Gasteiger partial charge in [-0.25, -0.2) is 0 Å². The normalized spacial score (nSPS) is 22.9. The molecular formula is C12H24N2O2. The Balaban J connectivity index is 2.47. The molecule has 0 aromatic rings. The van der Waals surface area contributed by atoms with Crippen LogP contribution in [0.2, 0.25) is 0 Å². The first-order chi connectivity index (χ1) is 7.56. The van der Waals surface area contributed by atoms with Crippen molar-refractivity contribution < 1.29 is 9.90 Å². The van der Waals surface area contributed by atoms with Gasteiger partial charge >= 0.3 is 5.97 Å². The first-order valence-corrected chi connectivity index (χ1v) is 6.28. The fourth-order valence-electron chi connectivity index (χ4n) is 2.49. The third-order valence-electron chi connectivity index (χ3n) is 3.61. The summed E-state index contributed by atoms with van der Waals surface area (Å²) >= 11 is 0. The molecule has 1 fully saturated rings. The van der Waals surface area contributed by atoms with Gasteiger partial charge in [0.05, 0.1) is 0 Å². The average molecular weight is 228 g/mol. The second-order valence-corrected chi connectivity index (χ2v) is 4.88. The van der Waals surface area contributed by atoms with Crippen molar-refractivity contribution in [1.29, 1.82) is 0 Å². The third kappa shape index (κ3) is 3.46. The molecule has 2 atom stereocenters. The maximum atomic E-state index is 11.1. The van der Waals surface area contributed by atoms with Crippen LogP contribution in [0.15, 0.2) is 0 Å². The Hall–Kier alpha value is -0.610. The first kappa shape index (κ1) is 13.5. The van der Waals surface area contributed by atoms with E-state index in [1.807, 2.05) is 13.8 Å². The molecule has 2 unspecified atom stereocenters. The van der Waals surface area contributed by atoms with Crippen LogP contribution in [0.3, 0.4) is 0 Å². The molecule has 1 aliphatic heterocycles. The van der Waals surface area contributed by atoms with Crippen LogP contribution in [0.4, 0.5) is 0 Å². The van der Waals surface area contributed by atoms with E-state index in [0.29, 0.717) is 5.92 Å². The van der Waals surface area contributed by atoms with Gasteiger partial charge in [0.15, 0.2) is 0 Å². The Morgan fingerprint density at radius 3 is 2.44 bits per heavy atom. The van der Waals surface area contributed by atoms with Crippen LogP contribution in [0.25, 0.3) is 0 Å². The van der Waals surface area contributed by atoms with Crippen molar-refractivity contribution in [3.63, 3.8) is 0 Å². The van der Waals surface area contributed by atoms with Gasteiger partial charge in [-0.3, -0.25) is 9.69 Å². The Morgan fingerprint density at radius 1 is 1.50 bits per heavy atom. The molecule has 0 aromatic heterocycles. The summed E-state index contributed by atoms with van der Waals surface area (Å²) < 4.78 is 0. The largest absolute Gasteiger partial charge is 0.480 e. The number of aliphatic carboxylic acids is 1. The summed E-state index contributed by atoms with van der Waals surface area (Å²) in [5.74, 6) is -0.117. The van der Waals surface area contributed by atoms with Gasteiger partial charge in [0.25, 0.3) is 0 Å². The van der Waals surface area contributed by atoms with E-state index in [-0.39, 0.29) is 12.1 Å². The van der Waals surface area contributed by atoms with E-state index in [0.717, 1.165) is 38.8 Å². The highest BCUT2D eigenvalue weighted by Gasteiger charge is 2.29. The summed E-state index contributed by atoms with van der Waals surface area (Å²) in [7, 11) is 0. The molecule has 0 bridgehead atoms. The summed E-state index contributed by atoms with van der Waals surface area (Å²) in [4.78, 5) is 13.2. The predicted molar refractivity (Wildman–Crippen MR) is 64.3 cm³/mol. The molecule has 16 heavy (non-hydrogen) atoms. The lowest BCUT2D eigenvalue weighted by Crippen LogP contribution is -2.47. The first-order valence-electron chi connectivity index (χ1n) is 6.28. The van der Waals surface area contributed by atoms with Gasteiger partial charge in [0.2, 0.25) is 0 Å². The zero-order valence-electron chi connectivity index (χ0n) is 10.4. The number of nitrogens with zero attached hydrogens (tertiary/aromatic N) is 1. The van der Waals surface area contributed by atoms with Crippen LogP contribution in [0.5, 0.6) is 0 Å². The molecule has 3 N–H and O–H groups in total. The lowest BCUT2D eigenvalue weighted by atomic mass is 9.90. The van der Waals surface area contributed by atoms with Crippen molar-refractivity contribution in [3.05, 3.63) is 0 Å². The number of piperidine rings is 1. The van der Waals surface area contributed by atoms with Crippen LogP contribution in [-0.4, -0.2) is 41.1 Å². The summed E-state index contributed by atoms with van der Waals surface area (Å²) in [6.45, 7) is 5.83. The molecule has 0 amide bonds. The standard InChI is InChI=1S/C12H24N2O2/c1-3-4-11(12(15)16)14-7-5-10(6-8-14)9(2)13/h9-11H,3-8,13H2,1-2H3,(H,15,16). The molecular weight excluding hydrogens is 204 g/mol. The highest BCUT2D eigenvalue weighted by atomic mass is 16.4. The molecule has 4 nitrogen and oxygen atoms in total. The predicted octanol–water partition coefficient (Wildman–Crippen LogP) is 1.30. The van der Waals surface area contributed by atoms with E-state index in [4.69, 9.17) is 10.8 Å². The zero-order valence-corrected chi connectivity index (χ0v) is 10.4. The number of rotatable bonds is 5. The number of carboxylic acid groups (broad SMARTS) is 1. The molecule has 1 heterocycles. The highest BCUT2D eigenvalue weighted by Crippen LogP contribution is 2.22. The molecule has 1 aliphatic rings. The number of nitrogens with two attached hydrogens (primary N) is 1. The van der Waals surface area contributed by atoms with Crippen LogP contribution in [-0.2, 0) is 4.79 Å². The smallest absolute Gasteiger partial charge is 0.320 e. The molecule has 1 saturated heterocycles. The molecule has 0 saturated carbocycles. The van der Waals surface area contributed by atoms with Crippen molar-refractivity contribution in [2.24, 2.45) is 11.7 Å². The molecule has 94 valence electrons. The van der Waals surface area contributed by atoms with Crippen molar-refractivity contribution in [2.45, 2.75) is 51.6 Å². The van der Waals surface area contributed by atoms with E-state index in [9.17, 15) is 4.79 Å². The van der Waals surface area contributed by atoms with Crippen LogP contribution in [0.1, 0.15) is 39.5 Å². The number of hydrogen-bond donors (Lipinski definition) is 2. The molecule has 0 spiro atoms. The fourth-order valence-corrected chi connectivity index (χ4v) is 2.49. The Kier molecular flexibility index (Phi) is 5.22. The zero-order chi connectivity index (χ0) is 12.1. The van der Waals surface area contributed by atoms with Crippen molar-refractivity contribution >= 4 is 5.97 Å². The highest BCUT2D eigenvalue weighted by molar-refractivity contribution is 5.73. The summed E-state index contributed by atoms with van der Waals surface area (Å²) in [5.41, 5.74) is 5.87. The number of hydrogen-bond acceptors (Lipinski definition) is 3.